The summed E-state index contributed by atoms with van der Waals surface area (Å²) < 4.78 is 5.25. The largest absolute Gasteiger partial charge is 0.383 e. The maximum Gasteiger partial charge on any atom is 0.0589 e. The van der Waals surface area contributed by atoms with Crippen LogP contribution in [0.1, 0.15) is 36.6 Å². The lowest BCUT2D eigenvalue weighted by atomic mass is 9.99. The van der Waals surface area contributed by atoms with E-state index >= 15 is 0 Å². The van der Waals surface area contributed by atoms with Gasteiger partial charge in [-0.2, -0.15) is 0 Å². The summed E-state index contributed by atoms with van der Waals surface area (Å²) in [6.07, 6.45) is 0. The van der Waals surface area contributed by atoms with Crippen LogP contribution in [0, 0.1) is 19.8 Å². The van der Waals surface area contributed by atoms with Crippen molar-refractivity contribution >= 4 is 0 Å². The van der Waals surface area contributed by atoms with Crippen molar-refractivity contribution in [2.75, 3.05) is 33.4 Å². The minimum atomic E-state index is 0.270. The van der Waals surface area contributed by atoms with Gasteiger partial charge in [-0.1, -0.05) is 43.2 Å². The number of ether oxygens (including phenoxy) is 1. The third kappa shape index (κ3) is 5.23. The van der Waals surface area contributed by atoms with Crippen molar-refractivity contribution in [1.29, 1.82) is 0 Å². The molecule has 0 aromatic heterocycles. The second kappa shape index (κ2) is 8.40. The average Bonchev–Trinajstić information content (AvgIpc) is 2.34. The summed E-state index contributed by atoms with van der Waals surface area (Å²) in [5, 5.41) is 0. The molecule has 0 aliphatic rings. The Labute approximate surface area is 124 Å². The van der Waals surface area contributed by atoms with Crippen molar-refractivity contribution in [2.24, 2.45) is 11.7 Å². The van der Waals surface area contributed by atoms with E-state index in [4.69, 9.17) is 10.5 Å². The zero-order chi connectivity index (χ0) is 15.1. The van der Waals surface area contributed by atoms with Crippen molar-refractivity contribution in [1.82, 2.24) is 4.90 Å². The number of nitrogens with two attached hydrogens (primary N) is 1. The van der Waals surface area contributed by atoms with E-state index in [1.54, 1.807) is 7.11 Å². The molecule has 114 valence electrons. The van der Waals surface area contributed by atoms with E-state index in [-0.39, 0.29) is 6.04 Å². The second-order valence-electron chi connectivity index (χ2n) is 6.05. The molecule has 1 atom stereocenters. The number of hydrogen-bond donors (Lipinski definition) is 1. The molecule has 0 aliphatic carbocycles. The quantitative estimate of drug-likeness (QED) is 0.794. The first kappa shape index (κ1) is 17.2. The molecule has 2 N–H and O–H groups in total. The minimum absolute atomic E-state index is 0.270. The highest BCUT2D eigenvalue weighted by atomic mass is 16.5. The van der Waals surface area contributed by atoms with Gasteiger partial charge in [-0.15, -0.1) is 0 Å². The first-order valence-electron chi connectivity index (χ1n) is 7.49. The summed E-state index contributed by atoms with van der Waals surface area (Å²) >= 11 is 0. The van der Waals surface area contributed by atoms with Crippen LogP contribution < -0.4 is 5.73 Å². The molecular formula is C17H30N2O. The lowest BCUT2D eigenvalue weighted by Gasteiger charge is -2.32. The van der Waals surface area contributed by atoms with Gasteiger partial charge in [-0.05, 0) is 25.3 Å². The lowest BCUT2D eigenvalue weighted by molar-refractivity contribution is 0.112. The molecule has 1 aromatic rings. The lowest BCUT2D eigenvalue weighted by Crippen LogP contribution is -2.38. The van der Waals surface area contributed by atoms with Crippen LogP contribution in [0.15, 0.2) is 18.2 Å². The number of benzene rings is 1. The van der Waals surface area contributed by atoms with Crippen LogP contribution in [0.4, 0.5) is 0 Å². The summed E-state index contributed by atoms with van der Waals surface area (Å²) in [6.45, 7) is 12.1. The number of nitrogens with zero attached hydrogens (tertiary/aromatic N) is 1. The molecule has 0 heterocycles. The molecule has 0 amide bonds. The third-order valence-corrected chi connectivity index (χ3v) is 3.48. The van der Waals surface area contributed by atoms with Crippen LogP contribution in [0.5, 0.6) is 0 Å². The van der Waals surface area contributed by atoms with Crippen molar-refractivity contribution < 1.29 is 4.74 Å². The van der Waals surface area contributed by atoms with Gasteiger partial charge in [0.05, 0.1) is 6.61 Å². The average molecular weight is 278 g/mol. The van der Waals surface area contributed by atoms with Crippen LogP contribution in [0.25, 0.3) is 0 Å². The Balaban J connectivity index is 2.97. The third-order valence-electron chi connectivity index (χ3n) is 3.48. The summed E-state index contributed by atoms with van der Waals surface area (Å²) in [4.78, 5) is 2.45. The molecule has 3 heteroatoms. The fourth-order valence-electron chi connectivity index (χ4n) is 2.75. The summed E-state index contributed by atoms with van der Waals surface area (Å²) in [6, 6.07) is 6.99. The van der Waals surface area contributed by atoms with E-state index in [1.807, 2.05) is 0 Å². The molecule has 1 rings (SSSR count). The van der Waals surface area contributed by atoms with Crippen molar-refractivity contribution in [3.05, 3.63) is 34.9 Å². The van der Waals surface area contributed by atoms with Crippen LogP contribution >= 0.6 is 0 Å². The molecule has 0 saturated heterocycles. The molecule has 3 nitrogen and oxygen atoms in total. The van der Waals surface area contributed by atoms with Crippen molar-refractivity contribution in [3.63, 3.8) is 0 Å². The van der Waals surface area contributed by atoms with Gasteiger partial charge in [0.2, 0.25) is 0 Å². The molecule has 0 spiro atoms. The predicted molar refractivity (Wildman–Crippen MR) is 86.0 cm³/mol. The predicted octanol–water partition coefficient (Wildman–Crippen LogP) is 2.91. The minimum Gasteiger partial charge on any atom is -0.383 e. The Hall–Kier alpha value is -0.900. The molecule has 0 aliphatic heterocycles. The molecule has 0 bridgehead atoms. The monoisotopic (exact) mass is 278 g/mol. The molecule has 1 unspecified atom stereocenters. The van der Waals surface area contributed by atoms with Gasteiger partial charge in [0, 0.05) is 32.8 Å². The summed E-state index contributed by atoms with van der Waals surface area (Å²) in [7, 11) is 1.75. The number of aryl methyl sites for hydroxylation is 2. The molecule has 0 fully saturated rings. The fraction of sp³-hybridized carbons (Fsp3) is 0.647. The maximum absolute atomic E-state index is 6.07. The molecular weight excluding hydrogens is 248 g/mol. The summed E-state index contributed by atoms with van der Waals surface area (Å²) in [5.74, 6) is 0.617. The van der Waals surface area contributed by atoms with E-state index in [9.17, 15) is 0 Å². The smallest absolute Gasteiger partial charge is 0.0589 e. The SMILES string of the molecule is COCCN(CC(C)C)C(CN)c1cc(C)cc(C)c1. The van der Waals surface area contributed by atoms with E-state index in [0.29, 0.717) is 12.5 Å². The van der Waals surface area contributed by atoms with E-state index in [2.05, 4.69) is 50.8 Å². The Bertz CT molecular complexity index is 384. The first-order chi connectivity index (χ1) is 9.47. The summed E-state index contributed by atoms with van der Waals surface area (Å²) in [5.41, 5.74) is 9.99. The Morgan fingerprint density at radius 2 is 1.75 bits per heavy atom. The van der Waals surface area contributed by atoms with Crippen molar-refractivity contribution in [2.45, 2.75) is 33.7 Å². The van der Waals surface area contributed by atoms with E-state index in [1.165, 1.54) is 16.7 Å². The van der Waals surface area contributed by atoms with Gasteiger partial charge < -0.3 is 10.5 Å². The van der Waals surface area contributed by atoms with Crippen LogP contribution in [0.2, 0.25) is 0 Å². The van der Waals surface area contributed by atoms with Gasteiger partial charge in [0.1, 0.15) is 0 Å². The Kier molecular flexibility index (Phi) is 7.20. The standard InChI is InChI=1S/C17H30N2O/c1-13(2)12-19(6-7-20-5)17(11-18)16-9-14(3)8-15(4)10-16/h8-10,13,17H,6-7,11-12,18H2,1-5H3. The zero-order valence-corrected chi connectivity index (χ0v) is 13.6. The van der Waals surface area contributed by atoms with Gasteiger partial charge >= 0.3 is 0 Å². The van der Waals surface area contributed by atoms with Crippen LogP contribution in [-0.4, -0.2) is 38.3 Å². The van der Waals surface area contributed by atoms with E-state index < -0.39 is 0 Å². The number of methoxy groups -OCH3 is 1. The molecule has 1 aromatic carbocycles. The second-order valence-corrected chi connectivity index (χ2v) is 6.05. The van der Waals surface area contributed by atoms with Crippen LogP contribution in [-0.2, 0) is 4.74 Å². The number of rotatable bonds is 8. The zero-order valence-electron chi connectivity index (χ0n) is 13.6. The van der Waals surface area contributed by atoms with Gasteiger partial charge in [-0.25, -0.2) is 0 Å². The van der Waals surface area contributed by atoms with Gasteiger partial charge in [0.15, 0.2) is 0 Å². The number of hydrogen-bond acceptors (Lipinski definition) is 3. The topological polar surface area (TPSA) is 38.5 Å². The molecule has 0 radical (unpaired) electrons. The van der Waals surface area contributed by atoms with Gasteiger partial charge in [0.25, 0.3) is 0 Å². The normalized spacial score (nSPS) is 13.2. The fourth-order valence-corrected chi connectivity index (χ4v) is 2.75. The highest BCUT2D eigenvalue weighted by Crippen LogP contribution is 2.23. The van der Waals surface area contributed by atoms with Crippen LogP contribution in [0.3, 0.4) is 0 Å². The van der Waals surface area contributed by atoms with E-state index in [0.717, 1.165) is 19.7 Å². The first-order valence-corrected chi connectivity index (χ1v) is 7.49. The Morgan fingerprint density at radius 3 is 2.20 bits per heavy atom. The Morgan fingerprint density at radius 1 is 1.15 bits per heavy atom. The highest BCUT2D eigenvalue weighted by molar-refractivity contribution is 5.31. The van der Waals surface area contributed by atoms with Gasteiger partial charge in [-0.3, -0.25) is 4.90 Å². The van der Waals surface area contributed by atoms with Crippen molar-refractivity contribution in [3.8, 4) is 0 Å². The molecule has 0 saturated carbocycles. The molecule has 20 heavy (non-hydrogen) atoms. The highest BCUT2D eigenvalue weighted by Gasteiger charge is 2.20. The maximum atomic E-state index is 6.07.